The molecule has 3 amide bonds. The van der Waals surface area contributed by atoms with E-state index in [2.05, 4.69) is 10.6 Å². The van der Waals surface area contributed by atoms with Crippen LogP contribution < -0.4 is 10.6 Å². The molecule has 8 nitrogen and oxygen atoms in total. The van der Waals surface area contributed by atoms with Crippen molar-refractivity contribution < 1.29 is 24.2 Å². The Kier molecular flexibility index (Phi) is 10.4. The maximum atomic E-state index is 14.5. The monoisotopic (exact) mass is 595 g/mol. The summed E-state index contributed by atoms with van der Waals surface area (Å²) >= 11 is 0. The van der Waals surface area contributed by atoms with Gasteiger partial charge in [0.2, 0.25) is 5.91 Å². The van der Waals surface area contributed by atoms with Gasteiger partial charge >= 0.3 is 6.09 Å². The van der Waals surface area contributed by atoms with Crippen molar-refractivity contribution in [2.24, 2.45) is 0 Å². The van der Waals surface area contributed by atoms with Gasteiger partial charge in [-0.2, -0.15) is 0 Å². The molecule has 0 heterocycles. The number of hydrogen-bond acceptors (Lipinski definition) is 5. The molecule has 230 valence electrons. The predicted octanol–water partition coefficient (Wildman–Crippen LogP) is 6.09. The summed E-state index contributed by atoms with van der Waals surface area (Å²) in [5, 5.41) is 17.9. The van der Waals surface area contributed by atoms with E-state index >= 15 is 0 Å². The molecule has 3 N–H and O–H groups in total. The lowest BCUT2D eigenvalue weighted by atomic mass is 9.93. The van der Waals surface area contributed by atoms with Crippen molar-refractivity contribution in [2.45, 2.75) is 58.7 Å². The molecule has 0 radical (unpaired) electrons. The third-order valence-electron chi connectivity index (χ3n) is 7.29. The molecule has 0 saturated carbocycles. The first-order valence-electron chi connectivity index (χ1n) is 14.8. The fourth-order valence-electron chi connectivity index (χ4n) is 5.34. The Balaban J connectivity index is 1.76. The molecule has 0 fully saturated rings. The van der Waals surface area contributed by atoms with E-state index in [0.717, 1.165) is 27.5 Å². The molecule has 8 heteroatoms. The highest BCUT2D eigenvalue weighted by molar-refractivity contribution is 6.00. The van der Waals surface area contributed by atoms with E-state index in [1.807, 2.05) is 105 Å². The minimum absolute atomic E-state index is 0.135. The average molecular weight is 596 g/mol. The number of amides is 3. The number of carbonyl (C=O) groups excluding carboxylic acids is 3. The Morgan fingerprint density at radius 1 is 0.841 bits per heavy atom. The largest absolute Gasteiger partial charge is 0.444 e. The second kappa shape index (κ2) is 14.2. The number of carbonyl (C=O) groups is 3. The number of nitrogens with zero attached hydrogens (tertiary/aromatic N) is 1. The van der Waals surface area contributed by atoms with Crippen LogP contribution in [0.5, 0.6) is 0 Å². The van der Waals surface area contributed by atoms with Gasteiger partial charge in [0.05, 0.1) is 6.61 Å². The second-order valence-electron chi connectivity index (χ2n) is 11.9. The van der Waals surface area contributed by atoms with Gasteiger partial charge in [-0.3, -0.25) is 9.59 Å². The van der Waals surface area contributed by atoms with E-state index < -0.39 is 35.6 Å². The number of anilines is 1. The molecule has 0 aliphatic rings. The molecule has 2 unspecified atom stereocenters. The molecule has 0 aliphatic carbocycles. The number of fused-ring (bicyclic) bond motifs is 1. The molecule has 0 spiro atoms. The summed E-state index contributed by atoms with van der Waals surface area (Å²) < 4.78 is 5.49. The van der Waals surface area contributed by atoms with E-state index in [4.69, 9.17) is 4.74 Å². The zero-order chi connectivity index (χ0) is 31.9. The minimum Gasteiger partial charge on any atom is -0.444 e. The van der Waals surface area contributed by atoms with Gasteiger partial charge in [0.1, 0.15) is 17.7 Å². The van der Waals surface area contributed by atoms with Gasteiger partial charge in [0.15, 0.2) is 0 Å². The first-order chi connectivity index (χ1) is 21.0. The fourth-order valence-corrected chi connectivity index (χ4v) is 5.34. The third kappa shape index (κ3) is 8.23. The molecule has 0 aliphatic heterocycles. The molecule has 4 rings (SSSR count). The van der Waals surface area contributed by atoms with Crippen molar-refractivity contribution >= 4 is 34.4 Å². The van der Waals surface area contributed by atoms with E-state index in [-0.39, 0.29) is 19.6 Å². The average Bonchev–Trinajstić information content (AvgIpc) is 2.97. The summed E-state index contributed by atoms with van der Waals surface area (Å²) in [4.78, 5) is 43.0. The predicted molar refractivity (Wildman–Crippen MR) is 173 cm³/mol. The zero-order valence-corrected chi connectivity index (χ0v) is 26.0. The summed E-state index contributed by atoms with van der Waals surface area (Å²) in [6, 6.07) is 26.3. The van der Waals surface area contributed by atoms with Crippen LogP contribution in [0, 0.1) is 13.8 Å². The summed E-state index contributed by atoms with van der Waals surface area (Å²) in [6.07, 6.45) is -0.591. The van der Waals surface area contributed by atoms with Crippen LogP contribution in [0.3, 0.4) is 0 Å². The SMILES string of the molecule is Cc1cccc(C)c1C(C(=O)Nc1ccc2ccccc2c1)N(CCO)C(=O)C(Cc1ccccc1)NC(=O)OC(C)(C)C. The lowest BCUT2D eigenvalue weighted by molar-refractivity contribution is -0.141. The lowest BCUT2D eigenvalue weighted by Crippen LogP contribution is -2.54. The molecule has 44 heavy (non-hydrogen) atoms. The van der Waals surface area contributed by atoms with Gasteiger partial charge in [0, 0.05) is 18.7 Å². The molecule has 0 aromatic heterocycles. The van der Waals surface area contributed by atoms with Gasteiger partial charge in [0.25, 0.3) is 5.91 Å². The number of aryl methyl sites for hydroxylation is 2. The van der Waals surface area contributed by atoms with Gasteiger partial charge in [-0.1, -0.05) is 78.9 Å². The van der Waals surface area contributed by atoms with Crippen molar-refractivity contribution in [3.05, 3.63) is 113 Å². The van der Waals surface area contributed by atoms with Gasteiger partial charge in [-0.15, -0.1) is 0 Å². The Morgan fingerprint density at radius 2 is 1.48 bits per heavy atom. The topological polar surface area (TPSA) is 108 Å². The van der Waals surface area contributed by atoms with Gasteiger partial charge in [-0.05, 0) is 79.8 Å². The van der Waals surface area contributed by atoms with E-state index in [0.29, 0.717) is 11.3 Å². The van der Waals surface area contributed by atoms with E-state index in [9.17, 15) is 19.5 Å². The van der Waals surface area contributed by atoms with Crippen molar-refractivity contribution in [3.8, 4) is 0 Å². The van der Waals surface area contributed by atoms with Crippen LogP contribution in [0.2, 0.25) is 0 Å². The van der Waals surface area contributed by atoms with Crippen molar-refractivity contribution in [1.82, 2.24) is 10.2 Å². The highest BCUT2D eigenvalue weighted by Crippen LogP contribution is 2.30. The number of hydrogen-bond donors (Lipinski definition) is 3. The highest BCUT2D eigenvalue weighted by atomic mass is 16.6. The number of alkyl carbamates (subject to hydrolysis) is 1. The van der Waals surface area contributed by atoms with Crippen LogP contribution in [0.1, 0.15) is 49.1 Å². The van der Waals surface area contributed by atoms with Crippen molar-refractivity contribution in [2.75, 3.05) is 18.5 Å². The molecule has 0 saturated heterocycles. The van der Waals surface area contributed by atoms with Crippen molar-refractivity contribution in [3.63, 3.8) is 0 Å². The Morgan fingerprint density at radius 3 is 2.11 bits per heavy atom. The lowest BCUT2D eigenvalue weighted by Gasteiger charge is -2.35. The second-order valence-corrected chi connectivity index (χ2v) is 11.9. The molecular weight excluding hydrogens is 554 g/mol. The van der Waals surface area contributed by atoms with Crippen LogP contribution in [0.25, 0.3) is 10.8 Å². The highest BCUT2D eigenvalue weighted by Gasteiger charge is 2.37. The van der Waals surface area contributed by atoms with Crippen LogP contribution in [0.15, 0.2) is 91.0 Å². The summed E-state index contributed by atoms with van der Waals surface area (Å²) in [5.41, 5.74) is 2.90. The Bertz CT molecular complexity index is 1590. The Labute approximate surface area is 259 Å². The maximum Gasteiger partial charge on any atom is 0.408 e. The number of aliphatic hydroxyl groups excluding tert-OH is 1. The van der Waals surface area contributed by atoms with E-state index in [1.54, 1.807) is 20.8 Å². The van der Waals surface area contributed by atoms with Gasteiger partial charge < -0.3 is 25.4 Å². The van der Waals surface area contributed by atoms with Gasteiger partial charge in [-0.25, -0.2) is 4.79 Å². The fraction of sp³-hybridized carbons (Fsp3) is 0.306. The summed E-state index contributed by atoms with van der Waals surface area (Å²) in [7, 11) is 0. The summed E-state index contributed by atoms with van der Waals surface area (Å²) in [5.74, 6) is -0.953. The molecular formula is C36H41N3O5. The molecule has 4 aromatic rings. The van der Waals surface area contributed by atoms with Crippen LogP contribution >= 0.6 is 0 Å². The molecule has 0 bridgehead atoms. The smallest absolute Gasteiger partial charge is 0.408 e. The normalized spacial score (nSPS) is 12.7. The number of rotatable bonds is 10. The Hall–Kier alpha value is -4.69. The number of aliphatic hydroxyl groups is 1. The van der Waals surface area contributed by atoms with E-state index in [1.165, 1.54) is 4.90 Å². The van der Waals surface area contributed by atoms with Crippen molar-refractivity contribution in [1.29, 1.82) is 0 Å². The first-order valence-corrected chi connectivity index (χ1v) is 14.8. The number of benzene rings is 4. The number of nitrogens with one attached hydrogen (secondary N) is 2. The van der Waals surface area contributed by atoms with Crippen LogP contribution in [-0.4, -0.2) is 52.7 Å². The minimum atomic E-state index is -1.10. The maximum absolute atomic E-state index is 14.5. The molecule has 2 atom stereocenters. The van der Waals surface area contributed by atoms with Crippen LogP contribution in [0.4, 0.5) is 10.5 Å². The standard InChI is InChI=1S/C36H41N3O5/c1-24-12-11-13-25(2)31(24)32(33(41)37-29-19-18-27-16-9-10-17-28(27)23-29)39(20-21-40)34(42)30(22-26-14-7-6-8-15-26)38-35(43)44-36(3,4)5/h6-19,23,30,32,40H,20-22H2,1-5H3,(H,37,41)(H,38,43). The van der Waals surface area contributed by atoms with Crippen LogP contribution in [-0.2, 0) is 20.7 Å². The molecule has 4 aromatic carbocycles. The summed E-state index contributed by atoms with van der Waals surface area (Å²) in [6.45, 7) is 8.48. The zero-order valence-electron chi connectivity index (χ0n) is 26.0. The third-order valence-corrected chi connectivity index (χ3v) is 7.29. The number of ether oxygens (including phenoxy) is 1. The first kappa shape index (κ1) is 32.2. The quantitative estimate of drug-likeness (QED) is 0.206.